The Morgan fingerprint density at radius 1 is 1.26 bits per heavy atom. The van der Waals surface area contributed by atoms with Gasteiger partial charge in [0.2, 0.25) is 5.91 Å². The number of amides is 1. The molecule has 0 aliphatic heterocycles. The Hall–Kier alpha value is -2.28. The van der Waals surface area contributed by atoms with Gasteiger partial charge in [-0.05, 0) is 44.2 Å². The molecule has 2 aromatic rings. The van der Waals surface area contributed by atoms with Crippen molar-refractivity contribution in [3.05, 3.63) is 47.3 Å². The van der Waals surface area contributed by atoms with E-state index in [4.69, 9.17) is 4.74 Å². The Morgan fingerprint density at radius 2 is 2.04 bits per heavy atom. The smallest absolute Gasteiger partial charge is 0.220 e. The molecular weight excluding hydrogens is 352 g/mol. The van der Waals surface area contributed by atoms with Crippen molar-refractivity contribution in [1.82, 2.24) is 15.1 Å². The van der Waals surface area contributed by atoms with Crippen molar-refractivity contribution in [2.45, 2.75) is 51.0 Å². The Morgan fingerprint density at radius 3 is 2.78 bits per heavy atom. The average molecular weight is 377 g/mol. The summed E-state index contributed by atoms with van der Waals surface area (Å²) in [4.78, 5) is 12.3. The number of methoxy groups -OCH3 is 1. The molecular formula is C20H25F2N3O2. The van der Waals surface area contributed by atoms with Gasteiger partial charge in [-0.3, -0.25) is 4.79 Å². The monoisotopic (exact) mass is 377 g/mol. The van der Waals surface area contributed by atoms with Crippen molar-refractivity contribution >= 4 is 5.91 Å². The summed E-state index contributed by atoms with van der Waals surface area (Å²) in [6.07, 6.45) is 7.41. The van der Waals surface area contributed by atoms with Crippen LogP contribution in [0, 0.1) is 11.6 Å². The maximum Gasteiger partial charge on any atom is 0.220 e. The molecule has 1 N–H and O–H groups in total. The van der Waals surface area contributed by atoms with Gasteiger partial charge >= 0.3 is 0 Å². The van der Waals surface area contributed by atoms with Crippen LogP contribution in [0.3, 0.4) is 0 Å². The summed E-state index contributed by atoms with van der Waals surface area (Å²) >= 11 is 0. The van der Waals surface area contributed by atoms with E-state index in [2.05, 4.69) is 10.4 Å². The fourth-order valence-corrected chi connectivity index (χ4v) is 3.57. The van der Waals surface area contributed by atoms with Crippen molar-refractivity contribution in [1.29, 1.82) is 0 Å². The lowest BCUT2D eigenvalue weighted by molar-refractivity contribution is -0.122. The van der Waals surface area contributed by atoms with Crippen LogP contribution in [0.4, 0.5) is 8.78 Å². The molecule has 0 spiro atoms. The summed E-state index contributed by atoms with van der Waals surface area (Å²) < 4.78 is 33.7. The molecule has 1 aliphatic rings. The second-order valence-corrected chi connectivity index (χ2v) is 6.90. The van der Waals surface area contributed by atoms with Crippen LogP contribution in [0.1, 0.15) is 55.8 Å². The quantitative estimate of drug-likeness (QED) is 0.711. The van der Waals surface area contributed by atoms with E-state index in [1.807, 2.05) is 0 Å². The molecule has 146 valence electrons. The van der Waals surface area contributed by atoms with Crippen LogP contribution in [-0.4, -0.2) is 29.4 Å². The molecule has 0 radical (unpaired) electrons. The molecule has 0 saturated heterocycles. The van der Waals surface area contributed by atoms with Gasteiger partial charge in [-0.15, -0.1) is 0 Å². The number of unbranched alkanes of at least 4 members (excludes halogenated alkanes) is 2. The molecule has 1 heterocycles. The van der Waals surface area contributed by atoms with Gasteiger partial charge in [-0.25, -0.2) is 13.5 Å². The number of carbonyl (C=O) groups is 1. The van der Waals surface area contributed by atoms with E-state index in [9.17, 15) is 13.6 Å². The lowest BCUT2D eigenvalue weighted by Crippen LogP contribution is -2.30. The zero-order chi connectivity index (χ0) is 19.2. The van der Waals surface area contributed by atoms with Crippen LogP contribution in [0.15, 0.2) is 24.4 Å². The minimum Gasteiger partial charge on any atom is -0.385 e. The van der Waals surface area contributed by atoms with Crippen LogP contribution < -0.4 is 5.32 Å². The van der Waals surface area contributed by atoms with E-state index in [1.165, 1.54) is 12.1 Å². The number of halogens is 2. The Balaban J connectivity index is 1.67. The SMILES string of the molecule is COCCCCCC(=O)N[C@H]1CCCc2c1cnn2-c1cc(F)cc(F)c1. The van der Waals surface area contributed by atoms with Crippen molar-refractivity contribution in [2.75, 3.05) is 13.7 Å². The number of aromatic nitrogens is 2. The highest BCUT2D eigenvalue weighted by Gasteiger charge is 2.26. The first-order valence-electron chi connectivity index (χ1n) is 9.40. The van der Waals surface area contributed by atoms with E-state index < -0.39 is 11.6 Å². The molecule has 1 aromatic heterocycles. The van der Waals surface area contributed by atoms with Crippen molar-refractivity contribution < 1.29 is 18.3 Å². The molecule has 1 aromatic carbocycles. The summed E-state index contributed by atoms with van der Waals surface area (Å²) in [5.74, 6) is -1.25. The third-order valence-electron chi connectivity index (χ3n) is 4.86. The van der Waals surface area contributed by atoms with E-state index in [0.29, 0.717) is 18.7 Å². The molecule has 1 atom stereocenters. The maximum absolute atomic E-state index is 13.6. The standard InChI is InChI=1S/C20H25F2N3O2/c1-27-9-4-2-3-8-20(26)24-18-6-5-7-19-17(18)13-23-25(19)16-11-14(21)10-15(22)12-16/h10-13,18H,2-9H2,1H3,(H,24,26)/t18-/m0/s1. The number of nitrogens with zero attached hydrogens (tertiary/aromatic N) is 2. The summed E-state index contributed by atoms with van der Waals surface area (Å²) in [6.45, 7) is 0.716. The van der Waals surface area contributed by atoms with Gasteiger partial charge in [-0.2, -0.15) is 5.10 Å². The highest BCUT2D eigenvalue weighted by molar-refractivity contribution is 5.76. The predicted molar refractivity (Wildman–Crippen MR) is 97.6 cm³/mol. The highest BCUT2D eigenvalue weighted by Crippen LogP contribution is 2.31. The van der Waals surface area contributed by atoms with Gasteiger partial charge in [0, 0.05) is 37.5 Å². The Kier molecular flexibility index (Phi) is 6.55. The first-order valence-corrected chi connectivity index (χ1v) is 9.40. The second-order valence-electron chi connectivity index (χ2n) is 6.90. The number of ether oxygens (including phenoxy) is 1. The minimum atomic E-state index is -0.636. The highest BCUT2D eigenvalue weighted by atomic mass is 19.1. The van der Waals surface area contributed by atoms with Gasteiger partial charge < -0.3 is 10.1 Å². The van der Waals surface area contributed by atoms with E-state index in [-0.39, 0.29) is 11.9 Å². The summed E-state index contributed by atoms with van der Waals surface area (Å²) in [5, 5.41) is 7.40. The molecule has 3 rings (SSSR count). The van der Waals surface area contributed by atoms with Crippen LogP contribution in [0.2, 0.25) is 0 Å². The van der Waals surface area contributed by atoms with Crippen LogP contribution in [0.25, 0.3) is 5.69 Å². The van der Waals surface area contributed by atoms with Gasteiger partial charge in [0.1, 0.15) is 11.6 Å². The van der Waals surface area contributed by atoms with Crippen molar-refractivity contribution in [3.63, 3.8) is 0 Å². The summed E-state index contributed by atoms with van der Waals surface area (Å²) in [7, 11) is 1.67. The topological polar surface area (TPSA) is 56.1 Å². The molecule has 1 aliphatic carbocycles. The van der Waals surface area contributed by atoms with Crippen LogP contribution >= 0.6 is 0 Å². The van der Waals surface area contributed by atoms with E-state index in [1.54, 1.807) is 18.0 Å². The molecule has 7 heteroatoms. The fraction of sp³-hybridized carbons (Fsp3) is 0.500. The Bertz CT molecular complexity index is 771. The minimum absolute atomic E-state index is 0.0230. The normalized spacial score (nSPS) is 16.2. The van der Waals surface area contributed by atoms with Crippen LogP contribution in [0.5, 0.6) is 0 Å². The van der Waals surface area contributed by atoms with Crippen molar-refractivity contribution in [2.24, 2.45) is 0 Å². The summed E-state index contributed by atoms with van der Waals surface area (Å²) in [5.41, 5.74) is 2.19. The third-order valence-corrected chi connectivity index (χ3v) is 4.86. The van der Waals surface area contributed by atoms with Crippen molar-refractivity contribution in [3.8, 4) is 5.69 Å². The number of fused-ring (bicyclic) bond motifs is 1. The first-order chi connectivity index (χ1) is 13.1. The summed E-state index contributed by atoms with van der Waals surface area (Å²) in [6, 6.07) is 3.26. The third kappa shape index (κ3) is 4.91. The van der Waals surface area contributed by atoms with Crippen LogP contribution in [-0.2, 0) is 16.0 Å². The van der Waals surface area contributed by atoms with Gasteiger partial charge in [0.05, 0.1) is 17.9 Å². The van der Waals surface area contributed by atoms with Gasteiger partial charge in [-0.1, -0.05) is 6.42 Å². The largest absolute Gasteiger partial charge is 0.385 e. The Labute approximate surface area is 157 Å². The number of carbonyl (C=O) groups excluding carboxylic acids is 1. The first kappa shape index (κ1) is 19.5. The number of hydrogen-bond acceptors (Lipinski definition) is 3. The number of benzene rings is 1. The zero-order valence-electron chi connectivity index (χ0n) is 15.5. The number of hydrogen-bond donors (Lipinski definition) is 1. The predicted octanol–water partition coefficient (Wildman–Crippen LogP) is 3.85. The van der Waals surface area contributed by atoms with E-state index in [0.717, 1.165) is 55.8 Å². The molecule has 27 heavy (non-hydrogen) atoms. The second kappa shape index (κ2) is 9.08. The molecule has 5 nitrogen and oxygen atoms in total. The lowest BCUT2D eigenvalue weighted by Gasteiger charge is -2.24. The fourth-order valence-electron chi connectivity index (χ4n) is 3.57. The molecule has 0 bridgehead atoms. The molecule has 0 unspecified atom stereocenters. The number of rotatable bonds is 8. The molecule has 0 saturated carbocycles. The maximum atomic E-state index is 13.6. The average Bonchev–Trinajstić information content (AvgIpc) is 3.06. The van der Waals surface area contributed by atoms with Gasteiger partial charge in [0.15, 0.2) is 0 Å². The number of nitrogens with one attached hydrogen (secondary N) is 1. The zero-order valence-corrected chi connectivity index (χ0v) is 15.5. The molecule has 0 fully saturated rings. The van der Waals surface area contributed by atoms with Gasteiger partial charge in [0.25, 0.3) is 0 Å². The van der Waals surface area contributed by atoms with E-state index >= 15 is 0 Å². The molecule has 1 amide bonds. The lowest BCUT2D eigenvalue weighted by atomic mass is 9.92.